The second-order valence-corrected chi connectivity index (χ2v) is 8.19. The second-order valence-electron chi connectivity index (χ2n) is 7.08. The molecule has 0 spiro atoms. The predicted molar refractivity (Wildman–Crippen MR) is 81.0 cm³/mol. The molecule has 1 aliphatic heterocycles. The van der Waals surface area contributed by atoms with Crippen LogP contribution in [0.15, 0.2) is 16.8 Å². The predicted octanol–water partition coefficient (Wildman–Crippen LogP) is 4.93. The molecule has 0 aromatic heterocycles. The number of allylic oxidation sites excluding steroid dienone is 2. The molecule has 2 heteroatoms. The molecule has 0 saturated heterocycles. The SMILES string of the molecule is CC(C)(C)CSCCC1=NC(C(C)(C)C)=CC1. The van der Waals surface area contributed by atoms with Crippen molar-refractivity contribution in [2.45, 2.75) is 54.4 Å². The normalized spacial score (nSPS) is 17.1. The summed E-state index contributed by atoms with van der Waals surface area (Å²) in [7, 11) is 0. The van der Waals surface area contributed by atoms with Crippen LogP contribution in [0.2, 0.25) is 0 Å². The molecule has 0 aromatic carbocycles. The molecule has 0 bridgehead atoms. The molecule has 1 aliphatic rings. The first-order valence-corrected chi connectivity index (χ1v) is 7.69. The number of hydrogen-bond acceptors (Lipinski definition) is 2. The summed E-state index contributed by atoms with van der Waals surface area (Å²) in [6, 6.07) is 0. The van der Waals surface area contributed by atoms with Gasteiger partial charge in [0.05, 0.1) is 0 Å². The van der Waals surface area contributed by atoms with Crippen LogP contribution in [-0.4, -0.2) is 17.2 Å². The third-order valence-electron chi connectivity index (χ3n) is 2.65. The molecule has 0 saturated carbocycles. The minimum Gasteiger partial charge on any atom is -0.262 e. The molecule has 1 nitrogen and oxygen atoms in total. The minimum atomic E-state index is 0.209. The van der Waals surface area contributed by atoms with Crippen molar-refractivity contribution in [2.75, 3.05) is 11.5 Å². The van der Waals surface area contributed by atoms with E-state index in [2.05, 4.69) is 59.4 Å². The van der Waals surface area contributed by atoms with E-state index in [4.69, 9.17) is 4.99 Å². The maximum Gasteiger partial charge on any atom is 0.0420 e. The first-order chi connectivity index (χ1) is 7.68. The summed E-state index contributed by atoms with van der Waals surface area (Å²) in [6.07, 6.45) is 4.52. The Morgan fingerprint density at radius 3 is 2.29 bits per heavy atom. The molecule has 1 rings (SSSR count). The lowest BCUT2D eigenvalue weighted by molar-refractivity contribution is 0.481. The summed E-state index contributed by atoms with van der Waals surface area (Å²) in [5.41, 5.74) is 3.29. The average Bonchev–Trinajstić information content (AvgIpc) is 2.58. The second kappa shape index (κ2) is 5.60. The van der Waals surface area contributed by atoms with Crippen molar-refractivity contribution in [3.05, 3.63) is 11.8 Å². The van der Waals surface area contributed by atoms with Crippen molar-refractivity contribution in [1.29, 1.82) is 0 Å². The number of nitrogens with zero attached hydrogens (tertiary/aromatic N) is 1. The van der Waals surface area contributed by atoms with Crippen LogP contribution in [0.5, 0.6) is 0 Å². The highest BCUT2D eigenvalue weighted by Crippen LogP contribution is 2.31. The molecule has 0 aliphatic carbocycles. The van der Waals surface area contributed by atoms with Crippen LogP contribution in [0, 0.1) is 10.8 Å². The average molecular weight is 253 g/mol. The van der Waals surface area contributed by atoms with E-state index in [0.717, 1.165) is 12.8 Å². The molecular formula is C15H27NS. The quantitative estimate of drug-likeness (QED) is 0.647. The van der Waals surface area contributed by atoms with E-state index < -0.39 is 0 Å². The van der Waals surface area contributed by atoms with Gasteiger partial charge in [-0.05, 0) is 23.3 Å². The summed E-state index contributed by atoms with van der Waals surface area (Å²) in [4.78, 5) is 4.76. The molecule has 98 valence electrons. The van der Waals surface area contributed by atoms with Gasteiger partial charge in [0.1, 0.15) is 0 Å². The fourth-order valence-electron chi connectivity index (χ4n) is 1.68. The van der Waals surface area contributed by atoms with Crippen LogP contribution in [-0.2, 0) is 0 Å². The van der Waals surface area contributed by atoms with Gasteiger partial charge in [-0.15, -0.1) is 0 Å². The van der Waals surface area contributed by atoms with Gasteiger partial charge in [0.25, 0.3) is 0 Å². The molecular weight excluding hydrogens is 226 g/mol. The zero-order valence-electron chi connectivity index (χ0n) is 12.3. The first kappa shape index (κ1) is 14.8. The maximum absolute atomic E-state index is 4.76. The zero-order valence-corrected chi connectivity index (χ0v) is 13.1. The van der Waals surface area contributed by atoms with Gasteiger partial charge in [0.15, 0.2) is 0 Å². The molecule has 0 radical (unpaired) electrons. The molecule has 0 aromatic rings. The highest BCUT2D eigenvalue weighted by atomic mass is 32.2. The van der Waals surface area contributed by atoms with Gasteiger partial charge in [0, 0.05) is 23.2 Å². The fraction of sp³-hybridized carbons (Fsp3) is 0.800. The van der Waals surface area contributed by atoms with Crippen molar-refractivity contribution >= 4 is 17.5 Å². The summed E-state index contributed by atoms with van der Waals surface area (Å²) < 4.78 is 0. The van der Waals surface area contributed by atoms with Gasteiger partial charge < -0.3 is 0 Å². The monoisotopic (exact) mass is 253 g/mol. The van der Waals surface area contributed by atoms with Gasteiger partial charge in [-0.25, -0.2) is 0 Å². The highest BCUT2D eigenvalue weighted by Gasteiger charge is 2.20. The smallest absolute Gasteiger partial charge is 0.0420 e. The summed E-state index contributed by atoms with van der Waals surface area (Å²) in [5.74, 6) is 2.45. The topological polar surface area (TPSA) is 12.4 Å². The lowest BCUT2D eigenvalue weighted by atomic mass is 9.92. The van der Waals surface area contributed by atoms with Crippen LogP contribution < -0.4 is 0 Å². The van der Waals surface area contributed by atoms with Crippen molar-refractivity contribution in [2.24, 2.45) is 15.8 Å². The van der Waals surface area contributed by atoms with E-state index in [-0.39, 0.29) is 5.41 Å². The first-order valence-electron chi connectivity index (χ1n) is 6.53. The Morgan fingerprint density at radius 2 is 1.82 bits per heavy atom. The minimum absolute atomic E-state index is 0.209. The van der Waals surface area contributed by atoms with E-state index >= 15 is 0 Å². The Balaban J connectivity index is 2.28. The largest absolute Gasteiger partial charge is 0.262 e. The van der Waals surface area contributed by atoms with Gasteiger partial charge in [-0.2, -0.15) is 11.8 Å². The van der Waals surface area contributed by atoms with Crippen LogP contribution in [0.25, 0.3) is 0 Å². The lowest BCUT2D eigenvalue weighted by Gasteiger charge is -2.17. The number of aliphatic imine (C=N–C) groups is 1. The standard InChI is InChI=1S/C15H27NS/c1-14(2,3)11-17-10-9-12-7-8-13(16-12)15(4,5)6/h8H,7,9-11H2,1-6H3. The zero-order chi connectivity index (χ0) is 13.1. The summed E-state index contributed by atoms with van der Waals surface area (Å²) in [5, 5.41) is 0. The Morgan fingerprint density at radius 1 is 1.18 bits per heavy atom. The van der Waals surface area contributed by atoms with Crippen LogP contribution in [0.4, 0.5) is 0 Å². The van der Waals surface area contributed by atoms with Gasteiger partial charge in [-0.1, -0.05) is 47.6 Å². The fourth-order valence-corrected chi connectivity index (χ4v) is 2.81. The Labute approximate surface area is 111 Å². The molecule has 0 N–H and O–H groups in total. The van der Waals surface area contributed by atoms with Crippen molar-refractivity contribution in [1.82, 2.24) is 0 Å². The van der Waals surface area contributed by atoms with E-state index in [1.54, 1.807) is 0 Å². The maximum atomic E-state index is 4.76. The number of hydrogen-bond donors (Lipinski definition) is 0. The third-order valence-corrected chi connectivity index (χ3v) is 4.21. The Bertz CT molecular complexity index is 313. The Kier molecular flexibility index (Phi) is 4.88. The van der Waals surface area contributed by atoms with Crippen molar-refractivity contribution in [3.8, 4) is 0 Å². The Hall–Kier alpha value is -0.240. The molecule has 0 fully saturated rings. The van der Waals surface area contributed by atoms with Crippen LogP contribution in [0.1, 0.15) is 54.4 Å². The van der Waals surface area contributed by atoms with Crippen LogP contribution >= 0.6 is 11.8 Å². The molecule has 17 heavy (non-hydrogen) atoms. The van der Waals surface area contributed by atoms with Gasteiger partial charge in [-0.3, -0.25) is 4.99 Å². The van der Waals surface area contributed by atoms with E-state index in [9.17, 15) is 0 Å². The van der Waals surface area contributed by atoms with Crippen LogP contribution in [0.3, 0.4) is 0 Å². The van der Waals surface area contributed by atoms with E-state index in [1.165, 1.54) is 22.9 Å². The van der Waals surface area contributed by atoms with Gasteiger partial charge >= 0.3 is 0 Å². The molecule has 1 heterocycles. The van der Waals surface area contributed by atoms with E-state index in [0.29, 0.717) is 5.41 Å². The highest BCUT2D eigenvalue weighted by molar-refractivity contribution is 7.99. The van der Waals surface area contributed by atoms with Crippen molar-refractivity contribution < 1.29 is 0 Å². The molecule has 0 unspecified atom stereocenters. The third kappa shape index (κ3) is 5.76. The lowest BCUT2D eigenvalue weighted by Crippen LogP contribution is -2.09. The summed E-state index contributed by atoms with van der Waals surface area (Å²) in [6.45, 7) is 13.6. The number of rotatable bonds is 4. The summed E-state index contributed by atoms with van der Waals surface area (Å²) >= 11 is 2.05. The molecule has 0 amide bonds. The van der Waals surface area contributed by atoms with Gasteiger partial charge in [0.2, 0.25) is 0 Å². The van der Waals surface area contributed by atoms with E-state index in [1.807, 2.05) is 0 Å². The van der Waals surface area contributed by atoms with Crippen molar-refractivity contribution in [3.63, 3.8) is 0 Å². The molecule has 0 atom stereocenters. The number of thioether (sulfide) groups is 1.